The zero-order valence-corrected chi connectivity index (χ0v) is 13.5. The number of hydrogen-bond acceptors (Lipinski definition) is 3. The van der Waals surface area contributed by atoms with Crippen molar-refractivity contribution >= 4 is 23.6 Å². The smallest absolute Gasteiger partial charge is 0.246 e. The summed E-state index contributed by atoms with van der Waals surface area (Å²) in [4.78, 5) is 27.0. The van der Waals surface area contributed by atoms with Crippen LogP contribution in [0.1, 0.15) is 40.0 Å². The van der Waals surface area contributed by atoms with Crippen LogP contribution in [-0.4, -0.2) is 46.8 Å². The molecule has 1 aliphatic carbocycles. The number of rotatable bonds is 7. The number of amides is 2. The highest BCUT2D eigenvalue weighted by molar-refractivity contribution is 7.99. The van der Waals surface area contributed by atoms with Crippen molar-refractivity contribution in [3.63, 3.8) is 0 Å². The van der Waals surface area contributed by atoms with Crippen LogP contribution in [0.15, 0.2) is 0 Å². The Morgan fingerprint density at radius 2 is 2.05 bits per heavy atom. The highest BCUT2D eigenvalue weighted by Crippen LogP contribution is 2.37. The zero-order valence-electron chi connectivity index (χ0n) is 12.7. The molecule has 1 N–H and O–H groups in total. The lowest BCUT2D eigenvalue weighted by atomic mass is 9.93. The number of thioether (sulfide) groups is 1. The average Bonchev–Trinajstić information content (AvgIpc) is 3.26. The average molecular weight is 298 g/mol. The van der Waals surface area contributed by atoms with Gasteiger partial charge in [-0.15, -0.1) is 0 Å². The van der Waals surface area contributed by atoms with Gasteiger partial charge in [-0.05, 0) is 30.4 Å². The van der Waals surface area contributed by atoms with Gasteiger partial charge in [0.1, 0.15) is 12.1 Å². The lowest BCUT2D eigenvalue weighted by molar-refractivity contribution is -0.151. The van der Waals surface area contributed by atoms with Crippen molar-refractivity contribution in [3.05, 3.63) is 0 Å². The minimum Gasteiger partial charge on any atom is -0.342 e. The Kier molecular flexibility index (Phi) is 5.35. The fourth-order valence-electron chi connectivity index (χ4n) is 2.82. The van der Waals surface area contributed by atoms with Crippen LogP contribution in [0.4, 0.5) is 0 Å². The van der Waals surface area contributed by atoms with E-state index in [1.807, 2.05) is 23.6 Å². The molecule has 3 atom stereocenters. The highest BCUT2D eigenvalue weighted by atomic mass is 32.2. The van der Waals surface area contributed by atoms with Crippen LogP contribution in [0, 0.1) is 11.8 Å². The van der Waals surface area contributed by atoms with Crippen LogP contribution < -0.4 is 5.32 Å². The molecule has 0 aromatic carbocycles. The molecule has 0 spiro atoms. The lowest BCUT2D eigenvalue weighted by Gasteiger charge is -2.41. The van der Waals surface area contributed by atoms with E-state index in [2.05, 4.69) is 19.2 Å². The molecule has 3 unspecified atom stereocenters. The van der Waals surface area contributed by atoms with Crippen molar-refractivity contribution in [3.8, 4) is 0 Å². The normalized spacial score (nSPS) is 28.4. The number of nitrogens with one attached hydrogen (secondary N) is 1. The molecule has 0 radical (unpaired) electrons. The quantitative estimate of drug-likeness (QED) is 0.730. The Hall–Kier alpha value is -0.710. The summed E-state index contributed by atoms with van der Waals surface area (Å²) in [5.41, 5.74) is 0. The van der Waals surface area contributed by atoms with Crippen LogP contribution in [0.2, 0.25) is 0 Å². The molecular weight excluding hydrogens is 272 g/mol. The van der Waals surface area contributed by atoms with Gasteiger partial charge in [0.2, 0.25) is 11.8 Å². The summed E-state index contributed by atoms with van der Waals surface area (Å²) in [7, 11) is 0. The van der Waals surface area contributed by atoms with E-state index in [0.29, 0.717) is 12.5 Å². The highest BCUT2D eigenvalue weighted by Gasteiger charge is 2.48. The molecule has 2 fully saturated rings. The number of carbonyl (C=O) groups excluding carboxylic acids is 2. The summed E-state index contributed by atoms with van der Waals surface area (Å²) >= 11 is 1.83. The van der Waals surface area contributed by atoms with E-state index in [-0.39, 0.29) is 29.8 Å². The van der Waals surface area contributed by atoms with Crippen LogP contribution in [-0.2, 0) is 9.59 Å². The first-order valence-electron chi connectivity index (χ1n) is 7.78. The van der Waals surface area contributed by atoms with Gasteiger partial charge in [0.15, 0.2) is 0 Å². The first-order valence-corrected chi connectivity index (χ1v) is 8.94. The summed E-state index contributed by atoms with van der Waals surface area (Å²) < 4.78 is 0. The Balaban J connectivity index is 2.10. The summed E-state index contributed by atoms with van der Waals surface area (Å²) in [5.74, 6) is 2.77. The van der Waals surface area contributed by atoms with Crippen molar-refractivity contribution < 1.29 is 9.59 Å². The monoisotopic (exact) mass is 298 g/mol. The summed E-state index contributed by atoms with van der Waals surface area (Å²) in [5, 5.41) is 2.97. The van der Waals surface area contributed by atoms with E-state index in [1.54, 1.807) is 0 Å². The molecule has 20 heavy (non-hydrogen) atoms. The van der Waals surface area contributed by atoms with Gasteiger partial charge in [0.25, 0.3) is 0 Å². The van der Waals surface area contributed by atoms with Crippen molar-refractivity contribution in [2.45, 2.75) is 52.1 Å². The molecule has 1 saturated heterocycles. The lowest BCUT2D eigenvalue weighted by Crippen LogP contribution is -2.65. The van der Waals surface area contributed by atoms with Crippen LogP contribution in [0.5, 0.6) is 0 Å². The second-order valence-electron chi connectivity index (χ2n) is 5.88. The van der Waals surface area contributed by atoms with E-state index in [0.717, 1.165) is 30.8 Å². The SMILES string of the molecule is CCSCCN1C(=O)C(C(C)CC)NC(=O)C1C1CC1. The van der Waals surface area contributed by atoms with Gasteiger partial charge < -0.3 is 10.2 Å². The molecule has 0 aromatic rings. The van der Waals surface area contributed by atoms with E-state index in [4.69, 9.17) is 0 Å². The molecule has 1 heterocycles. The van der Waals surface area contributed by atoms with Gasteiger partial charge in [-0.1, -0.05) is 27.2 Å². The van der Waals surface area contributed by atoms with Gasteiger partial charge >= 0.3 is 0 Å². The van der Waals surface area contributed by atoms with Gasteiger partial charge in [0.05, 0.1) is 0 Å². The van der Waals surface area contributed by atoms with E-state index >= 15 is 0 Å². The number of hydrogen-bond donors (Lipinski definition) is 1. The Morgan fingerprint density at radius 1 is 1.35 bits per heavy atom. The van der Waals surface area contributed by atoms with Gasteiger partial charge in [0, 0.05) is 12.3 Å². The van der Waals surface area contributed by atoms with Crippen molar-refractivity contribution in [2.75, 3.05) is 18.1 Å². The molecule has 0 bridgehead atoms. The fraction of sp³-hybridized carbons (Fsp3) is 0.867. The minimum atomic E-state index is -0.325. The van der Waals surface area contributed by atoms with Crippen molar-refractivity contribution in [2.24, 2.45) is 11.8 Å². The fourth-order valence-corrected chi connectivity index (χ4v) is 3.43. The molecular formula is C15H26N2O2S. The van der Waals surface area contributed by atoms with Crippen molar-refractivity contribution in [1.82, 2.24) is 10.2 Å². The predicted molar refractivity (Wildman–Crippen MR) is 82.6 cm³/mol. The minimum absolute atomic E-state index is 0.0684. The van der Waals surface area contributed by atoms with E-state index in [9.17, 15) is 9.59 Å². The van der Waals surface area contributed by atoms with Gasteiger partial charge in [-0.3, -0.25) is 9.59 Å². The Bertz CT molecular complexity index is 371. The predicted octanol–water partition coefficient (Wildman–Crippen LogP) is 1.89. The third kappa shape index (κ3) is 3.30. The topological polar surface area (TPSA) is 49.4 Å². The molecule has 1 saturated carbocycles. The third-order valence-electron chi connectivity index (χ3n) is 4.41. The molecule has 1 aliphatic heterocycles. The third-order valence-corrected chi connectivity index (χ3v) is 5.29. The maximum Gasteiger partial charge on any atom is 0.246 e. The molecule has 2 amide bonds. The molecule has 0 aromatic heterocycles. The second-order valence-corrected chi connectivity index (χ2v) is 7.28. The summed E-state index contributed by atoms with van der Waals surface area (Å²) in [6.45, 7) is 6.93. The number of carbonyl (C=O) groups is 2. The maximum atomic E-state index is 12.7. The van der Waals surface area contributed by atoms with Crippen LogP contribution in [0.25, 0.3) is 0 Å². The number of nitrogens with zero attached hydrogens (tertiary/aromatic N) is 1. The van der Waals surface area contributed by atoms with Crippen LogP contribution >= 0.6 is 11.8 Å². The molecule has 5 heteroatoms. The second kappa shape index (κ2) is 6.83. The summed E-state index contributed by atoms with van der Waals surface area (Å²) in [6.07, 6.45) is 3.07. The van der Waals surface area contributed by atoms with Crippen molar-refractivity contribution in [1.29, 1.82) is 0 Å². The maximum absolute atomic E-state index is 12.7. The number of piperazine rings is 1. The Morgan fingerprint density at radius 3 is 2.60 bits per heavy atom. The van der Waals surface area contributed by atoms with E-state index in [1.165, 1.54) is 0 Å². The van der Waals surface area contributed by atoms with E-state index < -0.39 is 0 Å². The first-order chi connectivity index (χ1) is 9.60. The zero-order chi connectivity index (χ0) is 14.7. The molecule has 4 nitrogen and oxygen atoms in total. The van der Waals surface area contributed by atoms with Gasteiger partial charge in [-0.2, -0.15) is 11.8 Å². The van der Waals surface area contributed by atoms with Gasteiger partial charge in [-0.25, -0.2) is 0 Å². The largest absolute Gasteiger partial charge is 0.342 e. The molecule has 114 valence electrons. The molecule has 2 rings (SSSR count). The molecule has 2 aliphatic rings. The standard InChI is InChI=1S/C15H26N2O2S/c1-4-10(3)12-15(19)17(8-9-20-5-2)13(11-6-7-11)14(18)16-12/h10-13H,4-9H2,1-3H3,(H,16,18). The summed E-state index contributed by atoms with van der Waals surface area (Å²) in [6, 6.07) is -0.533. The first kappa shape index (κ1) is 15.7. The van der Waals surface area contributed by atoms with Crippen LogP contribution in [0.3, 0.4) is 0 Å². The Labute approximate surface area is 126 Å².